The Balaban J connectivity index is 2.97. The lowest BCUT2D eigenvalue weighted by Crippen LogP contribution is -1.99. The fraction of sp³-hybridized carbons (Fsp3) is 0.167. The Morgan fingerprint density at radius 3 is 3.00 bits per heavy atom. The van der Waals surface area contributed by atoms with Gasteiger partial charge in [0.2, 0.25) is 0 Å². The fourth-order valence-electron chi connectivity index (χ4n) is 1.03. The summed E-state index contributed by atoms with van der Waals surface area (Å²) in [6.07, 6.45) is 1.39. The zero-order valence-corrected chi connectivity index (χ0v) is 8.48. The molecule has 2 aromatic rings. The summed E-state index contributed by atoms with van der Waals surface area (Å²) in [6.45, 7) is 1.95. The van der Waals surface area contributed by atoms with Crippen LogP contribution < -0.4 is 5.73 Å². The molecule has 0 fully saturated rings. The lowest BCUT2D eigenvalue weighted by molar-refractivity contribution is 0.776. The SMILES string of the molecule is Cc1c(I)nn2ncnc(N)c12. The molecule has 62 valence electrons. The number of nitrogens with two attached hydrogens (primary N) is 1. The van der Waals surface area contributed by atoms with E-state index in [1.807, 2.05) is 6.92 Å². The molecular weight excluding hydrogens is 269 g/mol. The van der Waals surface area contributed by atoms with Crippen molar-refractivity contribution in [3.05, 3.63) is 15.6 Å². The first-order chi connectivity index (χ1) is 5.70. The van der Waals surface area contributed by atoms with Crippen LogP contribution in [0, 0.1) is 10.6 Å². The van der Waals surface area contributed by atoms with E-state index in [9.17, 15) is 0 Å². The number of rotatable bonds is 0. The van der Waals surface area contributed by atoms with Gasteiger partial charge in [0.15, 0.2) is 5.82 Å². The number of hydrogen-bond acceptors (Lipinski definition) is 4. The second-order valence-corrected chi connectivity index (χ2v) is 3.42. The molecular formula is C6H6IN5. The lowest BCUT2D eigenvalue weighted by atomic mass is 10.3. The highest BCUT2D eigenvalue weighted by Gasteiger charge is 2.09. The summed E-state index contributed by atoms with van der Waals surface area (Å²) < 4.78 is 2.40. The molecule has 0 radical (unpaired) electrons. The van der Waals surface area contributed by atoms with E-state index in [1.54, 1.807) is 0 Å². The second-order valence-electron chi connectivity index (χ2n) is 2.40. The quantitative estimate of drug-likeness (QED) is 0.715. The normalized spacial score (nSPS) is 10.8. The van der Waals surface area contributed by atoms with E-state index in [-0.39, 0.29) is 0 Å². The number of aromatic nitrogens is 4. The highest BCUT2D eigenvalue weighted by atomic mass is 127. The van der Waals surface area contributed by atoms with Crippen molar-refractivity contribution in [2.75, 3.05) is 5.73 Å². The maximum absolute atomic E-state index is 5.66. The molecule has 12 heavy (non-hydrogen) atoms. The minimum Gasteiger partial charge on any atom is -0.382 e. The molecule has 0 amide bonds. The predicted molar refractivity (Wildman–Crippen MR) is 52.6 cm³/mol. The van der Waals surface area contributed by atoms with E-state index in [2.05, 4.69) is 37.8 Å². The van der Waals surface area contributed by atoms with Crippen molar-refractivity contribution in [1.82, 2.24) is 19.8 Å². The summed E-state index contributed by atoms with van der Waals surface area (Å²) in [7, 11) is 0. The molecule has 2 N–H and O–H groups in total. The Kier molecular flexibility index (Phi) is 1.63. The molecule has 2 aromatic heterocycles. The number of nitrogen functional groups attached to an aromatic ring is 1. The Morgan fingerprint density at radius 1 is 1.58 bits per heavy atom. The molecule has 0 spiro atoms. The van der Waals surface area contributed by atoms with Gasteiger partial charge in [-0.05, 0) is 29.5 Å². The number of aryl methyl sites for hydroxylation is 1. The number of halogens is 1. The van der Waals surface area contributed by atoms with Crippen LogP contribution in [0.2, 0.25) is 0 Å². The molecule has 0 aliphatic rings. The van der Waals surface area contributed by atoms with Gasteiger partial charge in [0.25, 0.3) is 0 Å². The highest BCUT2D eigenvalue weighted by molar-refractivity contribution is 14.1. The first kappa shape index (κ1) is 7.71. The standard InChI is InChI=1S/C6H6IN5/c1-3-4-6(8)9-2-10-12(4)11-5(3)7/h2H,1H3,(H2,8,9,10). The van der Waals surface area contributed by atoms with Crippen molar-refractivity contribution in [1.29, 1.82) is 0 Å². The Morgan fingerprint density at radius 2 is 2.33 bits per heavy atom. The van der Waals surface area contributed by atoms with Gasteiger partial charge in [0, 0.05) is 5.56 Å². The van der Waals surface area contributed by atoms with Crippen molar-refractivity contribution in [3.8, 4) is 0 Å². The second kappa shape index (κ2) is 2.54. The summed E-state index contributed by atoms with van der Waals surface area (Å²) in [5.74, 6) is 0.470. The zero-order valence-electron chi connectivity index (χ0n) is 6.32. The van der Waals surface area contributed by atoms with Gasteiger partial charge in [-0.3, -0.25) is 0 Å². The van der Waals surface area contributed by atoms with Crippen LogP contribution in [0.5, 0.6) is 0 Å². The Hall–Kier alpha value is -0.920. The van der Waals surface area contributed by atoms with E-state index >= 15 is 0 Å². The topological polar surface area (TPSA) is 69.1 Å². The van der Waals surface area contributed by atoms with E-state index in [4.69, 9.17) is 5.73 Å². The van der Waals surface area contributed by atoms with E-state index in [1.165, 1.54) is 11.0 Å². The van der Waals surface area contributed by atoms with E-state index in [0.29, 0.717) is 5.82 Å². The zero-order chi connectivity index (χ0) is 8.72. The van der Waals surface area contributed by atoms with Crippen molar-refractivity contribution in [2.24, 2.45) is 0 Å². The van der Waals surface area contributed by atoms with Crippen molar-refractivity contribution in [2.45, 2.75) is 6.92 Å². The molecule has 0 aliphatic heterocycles. The molecule has 2 rings (SSSR count). The third kappa shape index (κ3) is 0.942. The molecule has 0 aliphatic carbocycles. The molecule has 0 aromatic carbocycles. The summed E-state index contributed by atoms with van der Waals surface area (Å²) >= 11 is 2.14. The average molecular weight is 275 g/mol. The minimum atomic E-state index is 0.470. The maximum atomic E-state index is 5.66. The van der Waals surface area contributed by atoms with Crippen LogP contribution >= 0.6 is 22.6 Å². The van der Waals surface area contributed by atoms with Gasteiger partial charge >= 0.3 is 0 Å². The van der Waals surface area contributed by atoms with Gasteiger partial charge in [-0.15, -0.1) is 14.8 Å². The Bertz CT molecular complexity index is 435. The van der Waals surface area contributed by atoms with Gasteiger partial charge in [0.1, 0.15) is 15.5 Å². The van der Waals surface area contributed by atoms with Crippen LogP contribution in [0.4, 0.5) is 5.82 Å². The number of nitrogens with zero attached hydrogens (tertiary/aromatic N) is 4. The van der Waals surface area contributed by atoms with Crippen molar-refractivity contribution < 1.29 is 0 Å². The number of fused-ring (bicyclic) bond motifs is 1. The van der Waals surface area contributed by atoms with Crippen LogP contribution in [-0.2, 0) is 0 Å². The first-order valence-electron chi connectivity index (χ1n) is 3.31. The third-order valence-electron chi connectivity index (χ3n) is 1.65. The van der Waals surface area contributed by atoms with Gasteiger partial charge < -0.3 is 5.73 Å². The van der Waals surface area contributed by atoms with Gasteiger partial charge in [-0.25, -0.2) is 4.98 Å². The van der Waals surface area contributed by atoms with Crippen LogP contribution in [-0.4, -0.2) is 19.8 Å². The van der Waals surface area contributed by atoms with Gasteiger partial charge in [-0.1, -0.05) is 0 Å². The first-order valence-corrected chi connectivity index (χ1v) is 4.39. The fourth-order valence-corrected chi connectivity index (χ4v) is 1.49. The molecule has 0 saturated carbocycles. The highest BCUT2D eigenvalue weighted by Crippen LogP contribution is 2.18. The van der Waals surface area contributed by atoms with Gasteiger partial charge in [-0.2, -0.15) is 0 Å². The number of hydrogen-bond donors (Lipinski definition) is 1. The molecule has 0 unspecified atom stereocenters. The molecule has 2 heterocycles. The van der Waals surface area contributed by atoms with E-state index in [0.717, 1.165) is 14.8 Å². The molecule has 0 atom stereocenters. The summed E-state index contributed by atoms with van der Waals surface area (Å²) in [6, 6.07) is 0. The minimum absolute atomic E-state index is 0.470. The average Bonchev–Trinajstić information content (AvgIpc) is 2.29. The van der Waals surface area contributed by atoms with Gasteiger partial charge in [0.05, 0.1) is 0 Å². The molecule has 5 nitrogen and oxygen atoms in total. The monoisotopic (exact) mass is 275 g/mol. The van der Waals surface area contributed by atoms with Crippen LogP contribution in [0.25, 0.3) is 5.52 Å². The van der Waals surface area contributed by atoms with E-state index < -0.39 is 0 Å². The molecule has 6 heteroatoms. The van der Waals surface area contributed by atoms with Crippen molar-refractivity contribution in [3.63, 3.8) is 0 Å². The summed E-state index contributed by atoms with van der Waals surface area (Å²) in [5.41, 5.74) is 7.47. The summed E-state index contributed by atoms with van der Waals surface area (Å²) in [5, 5.41) is 8.08. The van der Waals surface area contributed by atoms with Crippen LogP contribution in [0.1, 0.15) is 5.56 Å². The van der Waals surface area contributed by atoms with Crippen LogP contribution in [0.15, 0.2) is 6.33 Å². The Labute approximate surface area is 82.1 Å². The third-order valence-corrected chi connectivity index (χ3v) is 2.67. The maximum Gasteiger partial charge on any atom is 0.153 e. The largest absolute Gasteiger partial charge is 0.382 e. The number of anilines is 1. The molecule has 0 bridgehead atoms. The smallest absolute Gasteiger partial charge is 0.153 e. The molecule has 0 saturated heterocycles. The predicted octanol–water partition coefficient (Wildman–Crippen LogP) is 0.620. The van der Waals surface area contributed by atoms with Crippen LogP contribution in [0.3, 0.4) is 0 Å². The summed E-state index contributed by atoms with van der Waals surface area (Å²) in [4.78, 5) is 3.88. The lowest BCUT2D eigenvalue weighted by Gasteiger charge is -1.94. The van der Waals surface area contributed by atoms with Crippen molar-refractivity contribution >= 4 is 33.9 Å².